The first kappa shape index (κ1) is 14.2. The van der Waals surface area contributed by atoms with E-state index in [1.54, 1.807) is 0 Å². The van der Waals surface area contributed by atoms with Crippen LogP contribution in [0.5, 0.6) is 0 Å². The largest absolute Gasteiger partial charge is 0.480 e. The average molecular weight is 320 g/mol. The maximum Gasteiger partial charge on any atom is 0.326 e. The van der Waals surface area contributed by atoms with E-state index < -0.39 is 30.3 Å². The molecule has 7 nitrogen and oxygen atoms in total. The van der Waals surface area contributed by atoms with Crippen LogP contribution in [0.25, 0.3) is 0 Å². The van der Waals surface area contributed by atoms with E-state index in [2.05, 4.69) is 26.0 Å². The number of carboxylic acid groups (broad SMARTS) is 1. The molecule has 18 heavy (non-hydrogen) atoms. The van der Waals surface area contributed by atoms with Crippen LogP contribution in [0.1, 0.15) is 17.0 Å². The maximum absolute atomic E-state index is 11.6. The van der Waals surface area contributed by atoms with Gasteiger partial charge in [-0.05, 0) is 28.1 Å². The van der Waals surface area contributed by atoms with E-state index >= 15 is 0 Å². The van der Waals surface area contributed by atoms with Crippen LogP contribution in [0, 0.1) is 0 Å². The predicted molar refractivity (Wildman–Crippen MR) is 61.9 cm³/mol. The van der Waals surface area contributed by atoms with Gasteiger partial charge < -0.3 is 19.6 Å². The molecule has 1 rings (SSSR count). The second-order valence-electron chi connectivity index (χ2n) is 3.25. The number of aliphatic carboxylic acids is 1. The van der Waals surface area contributed by atoms with Gasteiger partial charge in [-0.3, -0.25) is 9.59 Å². The second-order valence-corrected chi connectivity index (χ2v) is 4.03. The molecule has 1 amide bonds. The Morgan fingerprint density at radius 1 is 1.50 bits per heavy atom. The van der Waals surface area contributed by atoms with Crippen LogP contribution in [0.15, 0.2) is 21.2 Å². The third-order valence-corrected chi connectivity index (χ3v) is 2.43. The molecule has 0 unspecified atom stereocenters. The molecule has 2 N–H and O–H groups in total. The lowest BCUT2D eigenvalue weighted by Gasteiger charge is -2.11. The molecular formula is C10H10BrNO6. The summed E-state index contributed by atoms with van der Waals surface area (Å²) in [7, 11) is 1.13. The van der Waals surface area contributed by atoms with Crippen LogP contribution >= 0.6 is 15.9 Å². The summed E-state index contributed by atoms with van der Waals surface area (Å²) in [5.41, 5.74) is 0. The Bertz CT molecular complexity index is 469. The van der Waals surface area contributed by atoms with Gasteiger partial charge in [-0.15, -0.1) is 0 Å². The highest BCUT2D eigenvalue weighted by Crippen LogP contribution is 2.14. The van der Waals surface area contributed by atoms with Crippen molar-refractivity contribution in [2.75, 3.05) is 7.11 Å². The molecule has 0 radical (unpaired) electrons. The molecule has 0 aromatic carbocycles. The Morgan fingerprint density at radius 2 is 2.17 bits per heavy atom. The lowest BCUT2D eigenvalue weighted by molar-refractivity contribution is -0.147. The highest BCUT2D eigenvalue weighted by atomic mass is 79.9. The zero-order valence-corrected chi connectivity index (χ0v) is 10.9. The first-order chi connectivity index (χ1) is 8.43. The number of halogens is 1. The summed E-state index contributed by atoms with van der Waals surface area (Å²) in [6.45, 7) is 0. The number of rotatable bonds is 5. The number of methoxy groups -OCH3 is 1. The molecule has 1 atom stereocenters. The molecule has 0 spiro atoms. The van der Waals surface area contributed by atoms with Crippen molar-refractivity contribution in [1.82, 2.24) is 5.32 Å². The molecule has 98 valence electrons. The minimum absolute atomic E-state index is 0.0574. The molecule has 0 aliphatic rings. The van der Waals surface area contributed by atoms with Gasteiger partial charge in [-0.1, -0.05) is 0 Å². The number of carbonyl (C=O) groups excluding carboxylic acids is 2. The fourth-order valence-electron chi connectivity index (χ4n) is 1.12. The van der Waals surface area contributed by atoms with Crippen LogP contribution in [0.3, 0.4) is 0 Å². The summed E-state index contributed by atoms with van der Waals surface area (Å²) in [5, 5.41) is 11.0. The molecule has 1 heterocycles. The summed E-state index contributed by atoms with van der Waals surface area (Å²) in [6, 6.07) is 1.50. The van der Waals surface area contributed by atoms with E-state index in [0.717, 1.165) is 7.11 Å². The van der Waals surface area contributed by atoms with E-state index in [1.165, 1.54) is 12.1 Å². The highest BCUT2D eigenvalue weighted by Gasteiger charge is 2.25. The van der Waals surface area contributed by atoms with E-state index in [0.29, 0.717) is 4.67 Å². The molecular weight excluding hydrogens is 310 g/mol. The number of carbonyl (C=O) groups is 3. The van der Waals surface area contributed by atoms with E-state index in [1.807, 2.05) is 0 Å². The summed E-state index contributed by atoms with van der Waals surface area (Å²) < 4.78 is 9.63. The van der Waals surface area contributed by atoms with Gasteiger partial charge in [-0.2, -0.15) is 0 Å². The number of hydrogen-bond acceptors (Lipinski definition) is 5. The van der Waals surface area contributed by atoms with Crippen molar-refractivity contribution in [3.05, 3.63) is 22.6 Å². The van der Waals surface area contributed by atoms with Crippen LogP contribution in [-0.2, 0) is 14.3 Å². The van der Waals surface area contributed by atoms with Crippen molar-refractivity contribution in [2.45, 2.75) is 12.5 Å². The van der Waals surface area contributed by atoms with Gasteiger partial charge in [-0.25, -0.2) is 4.79 Å². The van der Waals surface area contributed by atoms with Gasteiger partial charge in [0.15, 0.2) is 10.4 Å². The smallest absolute Gasteiger partial charge is 0.326 e. The Morgan fingerprint density at radius 3 is 2.61 bits per heavy atom. The molecule has 1 aromatic heterocycles. The van der Waals surface area contributed by atoms with E-state index in [-0.39, 0.29) is 5.76 Å². The second kappa shape index (κ2) is 6.20. The zero-order chi connectivity index (χ0) is 13.7. The lowest BCUT2D eigenvalue weighted by Crippen LogP contribution is -2.42. The van der Waals surface area contributed by atoms with Gasteiger partial charge in [0.2, 0.25) is 0 Å². The van der Waals surface area contributed by atoms with Crippen molar-refractivity contribution in [3.8, 4) is 0 Å². The molecule has 0 saturated carbocycles. The normalized spacial score (nSPS) is 11.7. The molecule has 0 bridgehead atoms. The van der Waals surface area contributed by atoms with Gasteiger partial charge in [0, 0.05) is 0 Å². The Labute approximate surface area is 110 Å². The van der Waals surface area contributed by atoms with Gasteiger partial charge in [0.05, 0.1) is 13.5 Å². The third-order valence-electron chi connectivity index (χ3n) is 2.00. The quantitative estimate of drug-likeness (QED) is 0.777. The zero-order valence-electron chi connectivity index (χ0n) is 9.31. The molecule has 8 heteroatoms. The topological polar surface area (TPSA) is 106 Å². The number of ether oxygens (including phenoxy) is 1. The molecule has 0 aliphatic heterocycles. The Kier molecular flexibility index (Phi) is 4.90. The molecule has 0 fully saturated rings. The van der Waals surface area contributed by atoms with Crippen molar-refractivity contribution in [3.63, 3.8) is 0 Å². The molecule has 1 aromatic rings. The average Bonchev–Trinajstić information content (AvgIpc) is 2.74. The summed E-state index contributed by atoms with van der Waals surface area (Å²) in [5.74, 6) is -2.85. The first-order valence-electron chi connectivity index (χ1n) is 4.80. The van der Waals surface area contributed by atoms with Crippen LogP contribution < -0.4 is 5.32 Å². The number of nitrogens with one attached hydrogen (secondary N) is 1. The van der Waals surface area contributed by atoms with Crippen molar-refractivity contribution in [2.24, 2.45) is 0 Å². The lowest BCUT2D eigenvalue weighted by atomic mass is 10.2. The molecule has 0 aliphatic carbocycles. The van der Waals surface area contributed by atoms with Crippen LogP contribution in [-0.4, -0.2) is 36.1 Å². The monoisotopic (exact) mass is 319 g/mol. The summed E-state index contributed by atoms with van der Waals surface area (Å²) >= 11 is 3.01. The van der Waals surface area contributed by atoms with Gasteiger partial charge in [0.1, 0.15) is 6.04 Å². The minimum atomic E-state index is -1.37. The first-order valence-corrected chi connectivity index (χ1v) is 5.59. The third kappa shape index (κ3) is 3.88. The Balaban J connectivity index is 2.69. The van der Waals surface area contributed by atoms with Crippen molar-refractivity contribution < 1.29 is 28.6 Å². The number of esters is 1. The van der Waals surface area contributed by atoms with Gasteiger partial charge in [0.25, 0.3) is 5.91 Å². The predicted octanol–water partition coefficient (Wildman–Crippen LogP) is 0.788. The van der Waals surface area contributed by atoms with E-state index in [9.17, 15) is 14.4 Å². The number of carboxylic acids is 1. The van der Waals surface area contributed by atoms with Crippen LogP contribution in [0.4, 0.5) is 0 Å². The fourth-order valence-corrected chi connectivity index (χ4v) is 1.42. The SMILES string of the molecule is COC(=O)C[C@H](NC(=O)c1ccc(Br)o1)C(=O)O. The summed E-state index contributed by atoms with van der Waals surface area (Å²) in [6.07, 6.45) is -0.459. The highest BCUT2D eigenvalue weighted by molar-refractivity contribution is 9.10. The van der Waals surface area contributed by atoms with Crippen molar-refractivity contribution in [1.29, 1.82) is 0 Å². The van der Waals surface area contributed by atoms with E-state index in [4.69, 9.17) is 9.52 Å². The summed E-state index contributed by atoms with van der Waals surface area (Å²) in [4.78, 5) is 33.4. The number of amides is 1. The Hall–Kier alpha value is -1.83. The number of furan rings is 1. The molecule has 0 saturated heterocycles. The van der Waals surface area contributed by atoms with Gasteiger partial charge >= 0.3 is 11.9 Å². The standard InChI is InChI=1S/C10H10BrNO6/c1-17-8(13)4-5(10(15)16)12-9(14)6-2-3-7(11)18-6/h2-3,5H,4H2,1H3,(H,12,14)(H,15,16)/t5-/m0/s1. The van der Waals surface area contributed by atoms with Crippen molar-refractivity contribution >= 4 is 33.8 Å². The number of hydrogen-bond donors (Lipinski definition) is 2. The maximum atomic E-state index is 11.6. The fraction of sp³-hybridized carbons (Fsp3) is 0.300. The minimum Gasteiger partial charge on any atom is -0.480 e. The van der Waals surface area contributed by atoms with Crippen LogP contribution in [0.2, 0.25) is 0 Å².